The van der Waals surface area contributed by atoms with Crippen LogP contribution in [-0.2, 0) is 11.3 Å². The number of hydrogen-bond acceptors (Lipinski definition) is 4. The summed E-state index contributed by atoms with van der Waals surface area (Å²) >= 11 is 0. The van der Waals surface area contributed by atoms with Gasteiger partial charge in [0, 0.05) is 24.7 Å². The van der Waals surface area contributed by atoms with Crippen LogP contribution in [0.4, 0.5) is 10.1 Å². The number of halogens is 1. The summed E-state index contributed by atoms with van der Waals surface area (Å²) in [4.78, 5) is 21.6. The second-order valence-electron chi connectivity index (χ2n) is 5.25. The molecule has 0 radical (unpaired) electrons. The first-order valence-electron chi connectivity index (χ1n) is 6.75. The summed E-state index contributed by atoms with van der Waals surface area (Å²) in [6, 6.07) is 3.47. The molecule has 7 heteroatoms. The van der Waals surface area contributed by atoms with Crippen molar-refractivity contribution in [2.24, 2.45) is 5.92 Å². The number of carbonyl (C=O) groups excluding carboxylic acids is 1. The second-order valence-corrected chi connectivity index (χ2v) is 5.25. The van der Waals surface area contributed by atoms with Crippen molar-refractivity contribution in [1.82, 2.24) is 10.6 Å². The molecular formula is C14H20FN3O3. The summed E-state index contributed by atoms with van der Waals surface area (Å²) in [6.45, 7) is 6.23. The van der Waals surface area contributed by atoms with Crippen molar-refractivity contribution in [3.63, 3.8) is 0 Å². The van der Waals surface area contributed by atoms with Crippen LogP contribution in [0.3, 0.4) is 0 Å². The second kappa shape index (κ2) is 7.68. The Hall–Kier alpha value is -2.02. The number of nitro groups is 1. The number of nitro benzene ring substituents is 1. The third kappa shape index (κ3) is 5.11. The molecule has 116 valence electrons. The Morgan fingerprint density at radius 1 is 1.38 bits per heavy atom. The highest BCUT2D eigenvalue weighted by molar-refractivity contribution is 5.81. The van der Waals surface area contributed by atoms with E-state index in [0.29, 0.717) is 12.5 Å². The lowest BCUT2D eigenvalue weighted by Crippen LogP contribution is -2.43. The molecule has 21 heavy (non-hydrogen) atoms. The van der Waals surface area contributed by atoms with Gasteiger partial charge in [0.25, 0.3) is 0 Å². The maximum absolute atomic E-state index is 13.8. The first kappa shape index (κ1) is 17.0. The molecule has 0 aliphatic heterocycles. The molecule has 0 aliphatic rings. The number of hydrogen-bond donors (Lipinski definition) is 2. The highest BCUT2D eigenvalue weighted by Crippen LogP contribution is 2.19. The average molecular weight is 297 g/mol. The Labute approximate surface area is 122 Å². The molecule has 0 heterocycles. The normalized spacial score (nSPS) is 12.2. The summed E-state index contributed by atoms with van der Waals surface area (Å²) in [6.07, 6.45) is 0. The van der Waals surface area contributed by atoms with Gasteiger partial charge in [0.05, 0.1) is 11.0 Å². The fraction of sp³-hybridized carbons (Fsp3) is 0.500. The van der Waals surface area contributed by atoms with Gasteiger partial charge in [0.2, 0.25) is 11.7 Å². The molecule has 1 aromatic rings. The van der Waals surface area contributed by atoms with E-state index in [-0.39, 0.29) is 18.0 Å². The van der Waals surface area contributed by atoms with E-state index in [1.165, 1.54) is 12.1 Å². The van der Waals surface area contributed by atoms with Crippen molar-refractivity contribution < 1.29 is 14.1 Å². The van der Waals surface area contributed by atoms with Crippen LogP contribution >= 0.6 is 0 Å². The quantitative estimate of drug-likeness (QED) is 0.595. The van der Waals surface area contributed by atoms with Crippen LogP contribution in [0.5, 0.6) is 0 Å². The van der Waals surface area contributed by atoms with Crippen molar-refractivity contribution in [3.05, 3.63) is 39.7 Å². The van der Waals surface area contributed by atoms with Crippen molar-refractivity contribution >= 4 is 11.6 Å². The molecule has 0 saturated carbocycles. The molecular weight excluding hydrogens is 277 g/mol. The number of nitrogens with zero attached hydrogens (tertiary/aromatic N) is 1. The van der Waals surface area contributed by atoms with Gasteiger partial charge in [0.15, 0.2) is 0 Å². The van der Waals surface area contributed by atoms with Crippen LogP contribution in [0.1, 0.15) is 26.3 Å². The van der Waals surface area contributed by atoms with Gasteiger partial charge in [-0.3, -0.25) is 14.9 Å². The number of rotatable bonds is 7. The van der Waals surface area contributed by atoms with Gasteiger partial charge in [-0.25, -0.2) is 0 Å². The highest BCUT2D eigenvalue weighted by atomic mass is 19.1. The Morgan fingerprint density at radius 3 is 2.62 bits per heavy atom. The van der Waals surface area contributed by atoms with Gasteiger partial charge in [0.1, 0.15) is 0 Å². The Bertz CT molecular complexity index is 520. The molecule has 0 spiro atoms. The zero-order chi connectivity index (χ0) is 16.0. The summed E-state index contributed by atoms with van der Waals surface area (Å²) in [7, 11) is 0. The van der Waals surface area contributed by atoms with Gasteiger partial charge < -0.3 is 10.6 Å². The predicted molar refractivity (Wildman–Crippen MR) is 77.2 cm³/mol. The summed E-state index contributed by atoms with van der Waals surface area (Å²) in [5.41, 5.74) is -0.404. The van der Waals surface area contributed by atoms with Crippen molar-refractivity contribution in [3.8, 4) is 0 Å². The molecule has 1 aromatic carbocycles. The molecule has 0 bridgehead atoms. The van der Waals surface area contributed by atoms with Gasteiger partial charge >= 0.3 is 5.69 Å². The first-order chi connectivity index (χ1) is 9.82. The molecule has 0 fully saturated rings. The monoisotopic (exact) mass is 297 g/mol. The Balaban J connectivity index is 2.61. The van der Waals surface area contributed by atoms with Crippen LogP contribution in [0, 0.1) is 21.8 Å². The smallest absolute Gasteiger partial charge is 0.305 e. The largest absolute Gasteiger partial charge is 0.354 e. The minimum atomic E-state index is -0.871. The summed E-state index contributed by atoms with van der Waals surface area (Å²) in [5.74, 6) is -0.713. The van der Waals surface area contributed by atoms with E-state index < -0.39 is 22.5 Å². The lowest BCUT2D eigenvalue weighted by molar-refractivity contribution is -0.387. The van der Waals surface area contributed by atoms with Gasteiger partial charge in [-0.15, -0.1) is 0 Å². The lowest BCUT2D eigenvalue weighted by atomic mass is 10.1. The van der Waals surface area contributed by atoms with Crippen LogP contribution in [0.25, 0.3) is 0 Å². The van der Waals surface area contributed by atoms with Crippen molar-refractivity contribution in [1.29, 1.82) is 0 Å². The molecule has 6 nitrogen and oxygen atoms in total. The molecule has 0 saturated heterocycles. The van der Waals surface area contributed by atoms with E-state index in [1.54, 1.807) is 6.92 Å². The third-order valence-electron chi connectivity index (χ3n) is 2.93. The standard InChI is InChI=1S/C14H20FN3O3/c1-9(2)7-17-14(19)10(3)16-8-11-5-4-6-12(13(11)15)18(20)21/h4-6,9-10,16H,7-8H2,1-3H3,(H,17,19). The van der Waals surface area contributed by atoms with Crippen molar-refractivity contribution in [2.75, 3.05) is 6.54 Å². The minimum absolute atomic E-state index is 0.0454. The maximum Gasteiger partial charge on any atom is 0.305 e. The molecule has 1 rings (SSSR count). The molecule has 1 amide bonds. The minimum Gasteiger partial charge on any atom is -0.354 e. The zero-order valence-electron chi connectivity index (χ0n) is 12.4. The SMILES string of the molecule is CC(C)CNC(=O)C(C)NCc1cccc([N+](=O)[O-])c1F. The van der Waals surface area contributed by atoms with E-state index in [9.17, 15) is 19.3 Å². The van der Waals surface area contributed by atoms with E-state index in [1.807, 2.05) is 13.8 Å². The van der Waals surface area contributed by atoms with Crippen LogP contribution in [-0.4, -0.2) is 23.4 Å². The number of carbonyl (C=O) groups is 1. The fourth-order valence-corrected chi connectivity index (χ4v) is 1.66. The Kier molecular flexibility index (Phi) is 6.23. The number of nitrogens with one attached hydrogen (secondary N) is 2. The first-order valence-corrected chi connectivity index (χ1v) is 6.75. The predicted octanol–water partition coefficient (Wildman–Crippen LogP) is 1.98. The summed E-state index contributed by atoms with van der Waals surface area (Å²) in [5, 5.41) is 16.3. The fourth-order valence-electron chi connectivity index (χ4n) is 1.66. The highest BCUT2D eigenvalue weighted by Gasteiger charge is 2.18. The van der Waals surface area contributed by atoms with E-state index in [4.69, 9.17) is 0 Å². The molecule has 0 aliphatic carbocycles. The van der Waals surface area contributed by atoms with E-state index in [2.05, 4.69) is 10.6 Å². The van der Waals surface area contributed by atoms with Crippen LogP contribution in [0.15, 0.2) is 18.2 Å². The van der Waals surface area contributed by atoms with Crippen LogP contribution in [0.2, 0.25) is 0 Å². The topological polar surface area (TPSA) is 84.3 Å². The molecule has 2 N–H and O–H groups in total. The maximum atomic E-state index is 13.8. The average Bonchev–Trinajstić information content (AvgIpc) is 2.42. The number of benzene rings is 1. The van der Waals surface area contributed by atoms with Gasteiger partial charge in [-0.2, -0.15) is 4.39 Å². The van der Waals surface area contributed by atoms with Gasteiger partial charge in [-0.1, -0.05) is 26.0 Å². The van der Waals surface area contributed by atoms with E-state index in [0.717, 1.165) is 6.07 Å². The number of amides is 1. The van der Waals surface area contributed by atoms with E-state index >= 15 is 0 Å². The third-order valence-corrected chi connectivity index (χ3v) is 2.93. The van der Waals surface area contributed by atoms with Gasteiger partial charge in [-0.05, 0) is 12.8 Å². The Morgan fingerprint density at radius 2 is 2.05 bits per heavy atom. The molecule has 0 aromatic heterocycles. The zero-order valence-corrected chi connectivity index (χ0v) is 12.4. The molecule has 1 unspecified atom stereocenters. The summed E-state index contributed by atoms with van der Waals surface area (Å²) < 4.78 is 13.8. The van der Waals surface area contributed by atoms with Crippen molar-refractivity contribution in [2.45, 2.75) is 33.4 Å². The lowest BCUT2D eigenvalue weighted by Gasteiger charge is -2.15. The molecule has 1 atom stereocenters. The van der Waals surface area contributed by atoms with Crippen LogP contribution < -0.4 is 10.6 Å².